The summed E-state index contributed by atoms with van der Waals surface area (Å²) in [6, 6.07) is 8.55. The maximum Gasteiger partial charge on any atom is 0.0845 e. The molecule has 3 atom stereocenters. The maximum absolute atomic E-state index is 10.7. The van der Waals surface area contributed by atoms with E-state index in [0.717, 1.165) is 19.3 Å². The van der Waals surface area contributed by atoms with E-state index in [-0.39, 0.29) is 6.04 Å². The van der Waals surface area contributed by atoms with E-state index >= 15 is 0 Å². The number of hydrogen-bond acceptors (Lipinski definition) is 2. The molecule has 0 radical (unpaired) electrons. The van der Waals surface area contributed by atoms with Crippen molar-refractivity contribution in [3.63, 3.8) is 0 Å². The highest BCUT2D eigenvalue weighted by atomic mass is 16.3. The Hall–Kier alpha value is -1.02. The molecule has 17 heavy (non-hydrogen) atoms. The minimum atomic E-state index is -0.637. The Kier molecular flexibility index (Phi) is 3.43. The molecule has 1 aliphatic rings. The van der Waals surface area contributed by atoms with Gasteiger partial charge in [-0.3, -0.25) is 0 Å². The molecule has 0 amide bonds. The maximum atomic E-state index is 10.7. The zero-order chi connectivity index (χ0) is 12.5. The fourth-order valence-electron chi connectivity index (χ4n) is 2.63. The van der Waals surface area contributed by atoms with E-state index in [0.29, 0.717) is 5.92 Å². The first-order valence-electron chi connectivity index (χ1n) is 6.62. The average Bonchev–Trinajstić information content (AvgIpc) is 2.37. The SMILES string of the molecule is CCC(C)C(C)(O)C1CCc2ccccc2N1. The molecule has 94 valence electrons. The van der Waals surface area contributed by atoms with Gasteiger partial charge in [-0.25, -0.2) is 0 Å². The van der Waals surface area contributed by atoms with Crippen LogP contribution >= 0.6 is 0 Å². The zero-order valence-corrected chi connectivity index (χ0v) is 11.0. The summed E-state index contributed by atoms with van der Waals surface area (Å²) in [5, 5.41) is 14.2. The average molecular weight is 233 g/mol. The molecular formula is C15H23NO. The third-order valence-corrected chi connectivity index (χ3v) is 4.37. The summed E-state index contributed by atoms with van der Waals surface area (Å²) >= 11 is 0. The number of nitrogens with one attached hydrogen (secondary N) is 1. The van der Waals surface area contributed by atoms with Gasteiger partial charge in [0.05, 0.1) is 11.6 Å². The molecule has 0 saturated heterocycles. The number of rotatable bonds is 3. The monoisotopic (exact) mass is 233 g/mol. The van der Waals surface area contributed by atoms with Crippen molar-refractivity contribution in [1.29, 1.82) is 0 Å². The molecule has 0 aliphatic carbocycles. The minimum Gasteiger partial charge on any atom is -0.388 e. The van der Waals surface area contributed by atoms with Gasteiger partial charge in [0, 0.05) is 5.69 Å². The van der Waals surface area contributed by atoms with E-state index < -0.39 is 5.60 Å². The van der Waals surface area contributed by atoms with Gasteiger partial charge in [-0.2, -0.15) is 0 Å². The van der Waals surface area contributed by atoms with Gasteiger partial charge in [0.1, 0.15) is 0 Å². The van der Waals surface area contributed by atoms with Gasteiger partial charge < -0.3 is 10.4 Å². The van der Waals surface area contributed by atoms with Crippen molar-refractivity contribution in [1.82, 2.24) is 0 Å². The van der Waals surface area contributed by atoms with Gasteiger partial charge in [-0.1, -0.05) is 38.5 Å². The molecule has 0 bridgehead atoms. The van der Waals surface area contributed by atoms with Gasteiger partial charge in [0.25, 0.3) is 0 Å². The molecule has 2 rings (SSSR count). The Balaban J connectivity index is 2.17. The van der Waals surface area contributed by atoms with E-state index in [2.05, 4.69) is 37.4 Å². The molecule has 0 spiro atoms. The lowest BCUT2D eigenvalue weighted by Crippen LogP contribution is -2.50. The third-order valence-electron chi connectivity index (χ3n) is 4.37. The number of fused-ring (bicyclic) bond motifs is 1. The molecule has 2 nitrogen and oxygen atoms in total. The zero-order valence-electron chi connectivity index (χ0n) is 11.0. The summed E-state index contributed by atoms with van der Waals surface area (Å²) in [5.41, 5.74) is 1.92. The van der Waals surface area contributed by atoms with Crippen LogP contribution in [0.5, 0.6) is 0 Å². The quantitative estimate of drug-likeness (QED) is 0.840. The highest BCUT2D eigenvalue weighted by molar-refractivity contribution is 5.54. The first kappa shape index (κ1) is 12.4. The summed E-state index contributed by atoms with van der Waals surface area (Å²) in [6.45, 7) is 6.23. The summed E-state index contributed by atoms with van der Waals surface area (Å²) < 4.78 is 0. The largest absolute Gasteiger partial charge is 0.388 e. The van der Waals surface area contributed by atoms with Crippen LogP contribution < -0.4 is 5.32 Å². The van der Waals surface area contributed by atoms with Crippen molar-refractivity contribution in [3.8, 4) is 0 Å². The van der Waals surface area contributed by atoms with Gasteiger partial charge in [-0.05, 0) is 37.3 Å². The third kappa shape index (κ3) is 2.32. The van der Waals surface area contributed by atoms with E-state index in [1.165, 1.54) is 11.3 Å². The predicted octanol–water partition coefficient (Wildman–Crippen LogP) is 3.21. The topological polar surface area (TPSA) is 32.3 Å². The fourth-order valence-corrected chi connectivity index (χ4v) is 2.63. The second-order valence-electron chi connectivity index (χ2n) is 5.43. The van der Waals surface area contributed by atoms with E-state index in [1.54, 1.807) is 0 Å². The first-order valence-corrected chi connectivity index (χ1v) is 6.62. The number of hydrogen-bond donors (Lipinski definition) is 2. The Morgan fingerprint density at radius 3 is 2.88 bits per heavy atom. The second-order valence-corrected chi connectivity index (χ2v) is 5.43. The standard InChI is InChI=1S/C15H23NO/c1-4-11(2)15(3,17)14-10-9-12-7-5-6-8-13(12)16-14/h5-8,11,14,16-17H,4,9-10H2,1-3H3. The highest BCUT2D eigenvalue weighted by Gasteiger charge is 2.37. The number of aryl methyl sites for hydroxylation is 1. The van der Waals surface area contributed by atoms with Crippen molar-refractivity contribution in [3.05, 3.63) is 29.8 Å². The van der Waals surface area contributed by atoms with Crippen LogP contribution in [-0.4, -0.2) is 16.7 Å². The van der Waals surface area contributed by atoms with Crippen LogP contribution in [0.1, 0.15) is 39.2 Å². The van der Waals surface area contributed by atoms with Gasteiger partial charge in [0.2, 0.25) is 0 Å². The van der Waals surface area contributed by atoms with Crippen LogP contribution in [-0.2, 0) is 6.42 Å². The summed E-state index contributed by atoms with van der Waals surface area (Å²) in [6.07, 6.45) is 3.07. The van der Waals surface area contributed by atoms with E-state index in [4.69, 9.17) is 0 Å². The lowest BCUT2D eigenvalue weighted by atomic mass is 9.78. The Morgan fingerprint density at radius 1 is 1.47 bits per heavy atom. The molecule has 3 unspecified atom stereocenters. The first-order chi connectivity index (χ1) is 8.05. The Labute approximate surface area is 104 Å². The lowest BCUT2D eigenvalue weighted by Gasteiger charge is -2.41. The Morgan fingerprint density at radius 2 is 2.18 bits per heavy atom. The van der Waals surface area contributed by atoms with Crippen molar-refractivity contribution in [2.45, 2.75) is 51.7 Å². The number of anilines is 1. The normalized spacial score (nSPS) is 24.4. The van der Waals surface area contributed by atoms with E-state index in [1.807, 2.05) is 13.0 Å². The molecule has 1 aliphatic heterocycles. The number of benzene rings is 1. The Bertz CT molecular complexity index is 386. The van der Waals surface area contributed by atoms with Crippen LogP contribution in [0.3, 0.4) is 0 Å². The smallest absolute Gasteiger partial charge is 0.0845 e. The van der Waals surface area contributed by atoms with Gasteiger partial charge >= 0.3 is 0 Å². The molecule has 0 fully saturated rings. The number of aliphatic hydroxyl groups is 1. The lowest BCUT2D eigenvalue weighted by molar-refractivity contribution is -0.0158. The fraction of sp³-hybridized carbons (Fsp3) is 0.600. The van der Waals surface area contributed by atoms with Crippen LogP contribution in [0.25, 0.3) is 0 Å². The second kappa shape index (κ2) is 4.69. The predicted molar refractivity (Wildman–Crippen MR) is 72.3 cm³/mol. The van der Waals surface area contributed by atoms with Gasteiger partial charge in [0.15, 0.2) is 0 Å². The van der Waals surface area contributed by atoms with Crippen LogP contribution in [0, 0.1) is 5.92 Å². The molecule has 1 heterocycles. The van der Waals surface area contributed by atoms with Crippen molar-refractivity contribution < 1.29 is 5.11 Å². The van der Waals surface area contributed by atoms with Crippen LogP contribution in [0.15, 0.2) is 24.3 Å². The molecule has 2 N–H and O–H groups in total. The molecule has 1 aromatic carbocycles. The number of para-hydroxylation sites is 1. The summed E-state index contributed by atoms with van der Waals surface area (Å²) in [4.78, 5) is 0. The molecule has 0 saturated carbocycles. The van der Waals surface area contributed by atoms with Crippen molar-refractivity contribution in [2.24, 2.45) is 5.92 Å². The minimum absolute atomic E-state index is 0.160. The van der Waals surface area contributed by atoms with Crippen molar-refractivity contribution >= 4 is 5.69 Å². The molecular weight excluding hydrogens is 210 g/mol. The van der Waals surface area contributed by atoms with E-state index in [9.17, 15) is 5.11 Å². The molecule has 2 heteroatoms. The summed E-state index contributed by atoms with van der Waals surface area (Å²) in [5.74, 6) is 0.310. The van der Waals surface area contributed by atoms with Crippen LogP contribution in [0.4, 0.5) is 5.69 Å². The highest BCUT2D eigenvalue weighted by Crippen LogP contribution is 2.33. The van der Waals surface area contributed by atoms with Gasteiger partial charge in [-0.15, -0.1) is 0 Å². The molecule has 1 aromatic rings. The molecule has 0 aromatic heterocycles. The summed E-state index contributed by atoms with van der Waals surface area (Å²) in [7, 11) is 0. The van der Waals surface area contributed by atoms with Crippen molar-refractivity contribution in [2.75, 3.05) is 5.32 Å². The van der Waals surface area contributed by atoms with Crippen LogP contribution in [0.2, 0.25) is 0 Å².